The molecule has 0 N–H and O–H groups in total. The third-order valence-electron chi connectivity index (χ3n) is 2.02. The summed E-state index contributed by atoms with van der Waals surface area (Å²) in [7, 11) is 2.09. The van der Waals surface area contributed by atoms with E-state index in [1.807, 2.05) is 0 Å². The molecule has 0 unspecified atom stereocenters. The Morgan fingerprint density at radius 3 is 2.77 bits per heavy atom. The molecule has 0 aliphatic rings. The summed E-state index contributed by atoms with van der Waals surface area (Å²) in [6.45, 7) is 3.09. The second kappa shape index (κ2) is 4.91. The van der Waals surface area contributed by atoms with Crippen LogP contribution in [0.2, 0.25) is 0 Å². The molecule has 1 rings (SSSR count). The maximum atomic E-state index is 4.22. The molecule has 0 fully saturated rings. The molecule has 0 heterocycles. The van der Waals surface area contributed by atoms with E-state index >= 15 is 0 Å². The van der Waals surface area contributed by atoms with Crippen molar-refractivity contribution in [2.24, 2.45) is 0 Å². The highest BCUT2D eigenvalue weighted by Crippen LogP contribution is 2.23. The first-order chi connectivity index (χ1) is 6.15. The van der Waals surface area contributed by atoms with E-state index in [0.29, 0.717) is 0 Å². The van der Waals surface area contributed by atoms with Crippen LogP contribution in [-0.2, 0) is 0 Å². The number of hydrogen-bond donors (Lipinski definition) is 1. The Balaban J connectivity index is 2.91. The molecule has 1 nitrogen and oxygen atoms in total. The van der Waals surface area contributed by atoms with Gasteiger partial charge in [-0.2, -0.15) is 12.6 Å². The molecule has 0 aliphatic heterocycles. The van der Waals surface area contributed by atoms with Crippen LogP contribution in [0.4, 0.5) is 5.69 Å². The lowest BCUT2D eigenvalue weighted by molar-refractivity contribution is 0.971. The molecule has 0 atom stereocenters. The zero-order valence-electron chi connectivity index (χ0n) is 7.92. The number of anilines is 1. The third-order valence-corrected chi connectivity index (χ3v) is 2.71. The van der Waals surface area contributed by atoms with Gasteiger partial charge in [-0.1, -0.05) is 22.0 Å². The lowest BCUT2D eigenvalue weighted by atomic mass is 10.2. The number of thiol groups is 1. The highest BCUT2D eigenvalue weighted by atomic mass is 79.9. The number of halogens is 1. The number of nitrogens with zero attached hydrogens (tertiary/aromatic N) is 1. The lowest BCUT2D eigenvalue weighted by Crippen LogP contribution is -2.20. The minimum atomic E-state index is 0.877. The first kappa shape index (κ1) is 10.9. The summed E-state index contributed by atoms with van der Waals surface area (Å²) in [6.07, 6.45) is 0. The molecular weight excluding hydrogens is 246 g/mol. The average Bonchev–Trinajstić information content (AvgIpc) is 2.09. The van der Waals surface area contributed by atoms with E-state index in [9.17, 15) is 0 Å². The van der Waals surface area contributed by atoms with Crippen molar-refractivity contribution >= 4 is 34.2 Å². The molecule has 3 heteroatoms. The van der Waals surface area contributed by atoms with Crippen molar-refractivity contribution in [1.29, 1.82) is 0 Å². The van der Waals surface area contributed by atoms with E-state index in [1.54, 1.807) is 0 Å². The van der Waals surface area contributed by atoms with Crippen molar-refractivity contribution in [3.63, 3.8) is 0 Å². The highest BCUT2D eigenvalue weighted by molar-refractivity contribution is 9.10. The molecule has 0 saturated carbocycles. The van der Waals surface area contributed by atoms with Gasteiger partial charge >= 0.3 is 0 Å². The highest BCUT2D eigenvalue weighted by Gasteiger charge is 2.03. The number of rotatable bonds is 3. The van der Waals surface area contributed by atoms with Crippen LogP contribution in [0.5, 0.6) is 0 Å². The number of aryl methyl sites for hydroxylation is 1. The maximum absolute atomic E-state index is 4.22. The standard InChI is InChI=1S/C10H14BrNS/c1-8-3-4-9(11)7-10(8)12(2)5-6-13/h3-4,7,13H,5-6H2,1-2H3. The van der Waals surface area contributed by atoms with Gasteiger partial charge in [-0.25, -0.2) is 0 Å². The normalized spacial score (nSPS) is 10.2. The quantitative estimate of drug-likeness (QED) is 0.817. The Bertz CT molecular complexity index is 288. The van der Waals surface area contributed by atoms with Crippen molar-refractivity contribution in [2.75, 3.05) is 24.2 Å². The molecule has 0 aliphatic carbocycles. The van der Waals surface area contributed by atoms with Gasteiger partial charge < -0.3 is 4.90 Å². The van der Waals surface area contributed by atoms with Crippen molar-refractivity contribution in [2.45, 2.75) is 6.92 Å². The molecular formula is C10H14BrNS. The molecule has 0 bridgehead atoms. The Labute approximate surface area is 93.7 Å². The van der Waals surface area contributed by atoms with E-state index in [4.69, 9.17) is 0 Å². The van der Waals surface area contributed by atoms with E-state index in [0.717, 1.165) is 16.8 Å². The minimum Gasteiger partial charge on any atom is -0.374 e. The molecule has 13 heavy (non-hydrogen) atoms. The number of benzene rings is 1. The topological polar surface area (TPSA) is 3.24 Å². The second-order valence-electron chi connectivity index (χ2n) is 3.08. The molecule has 1 aromatic carbocycles. The van der Waals surface area contributed by atoms with Crippen LogP contribution < -0.4 is 4.90 Å². The molecule has 0 spiro atoms. The summed E-state index contributed by atoms with van der Waals surface area (Å²) >= 11 is 7.69. The molecule has 1 aromatic rings. The van der Waals surface area contributed by atoms with Gasteiger partial charge in [0.2, 0.25) is 0 Å². The van der Waals surface area contributed by atoms with Crippen molar-refractivity contribution < 1.29 is 0 Å². The monoisotopic (exact) mass is 259 g/mol. The number of hydrogen-bond acceptors (Lipinski definition) is 2. The van der Waals surface area contributed by atoms with E-state index in [2.05, 4.69) is 65.6 Å². The molecule has 0 radical (unpaired) electrons. The Morgan fingerprint density at radius 2 is 2.15 bits per heavy atom. The van der Waals surface area contributed by atoms with Gasteiger partial charge in [0.15, 0.2) is 0 Å². The first-order valence-electron chi connectivity index (χ1n) is 4.23. The maximum Gasteiger partial charge on any atom is 0.0404 e. The predicted molar refractivity (Wildman–Crippen MR) is 66.0 cm³/mol. The Morgan fingerprint density at radius 1 is 1.46 bits per heavy atom. The van der Waals surface area contributed by atoms with Gasteiger partial charge in [-0.3, -0.25) is 0 Å². The fourth-order valence-electron chi connectivity index (χ4n) is 1.26. The SMILES string of the molecule is Cc1ccc(Br)cc1N(C)CCS. The third kappa shape index (κ3) is 2.92. The van der Waals surface area contributed by atoms with Gasteiger partial charge in [-0.05, 0) is 24.6 Å². The first-order valence-corrected chi connectivity index (χ1v) is 5.66. The van der Waals surface area contributed by atoms with E-state index in [1.165, 1.54) is 11.3 Å². The average molecular weight is 260 g/mol. The van der Waals surface area contributed by atoms with E-state index < -0.39 is 0 Å². The van der Waals surface area contributed by atoms with E-state index in [-0.39, 0.29) is 0 Å². The van der Waals surface area contributed by atoms with Gasteiger partial charge in [0.05, 0.1) is 0 Å². The fraction of sp³-hybridized carbons (Fsp3) is 0.400. The van der Waals surface area contributed by atoms with Crippen LogP contribution in [0, 0.1) is 6.92 Å². The molecule has 0 saturated heterocycles. The van der Waals surface area contributed by atoms with Crippen molar-refractivity contribution in [3.8, 4) is 0 Å². The van der Waals surface area contributed by atoms with Gasteiger partial charge in [0.1, 0.15) is 0 Å². The Hall–Kier alpha value is -0.150. The zero-order valence-corrected chi connectivity index (χ0v) is 10.4. The van der Waals surface area contributed by atoms with Crippen LogP contribution in [-0.4, -0.2) is 19.3 Å². The molecule has 72 valence electrons. The summed E-state index contributed by atoms with van der Waals surface area (Å²) in [5, 5.41) is 0. The van der Waals surface area contributed by atoms with Gasteiger partial charge in [-0.15, -0.1) is 0 Å². The van der Waals surface area contributed by atoms with Crippen molar-refractivity contribution in [3.05, 3.63) is 28.2 Å². The van der Waals surface area contributed by atoms with Crippen LogP contribution in [0.3, 0.4) is 0 Å². The molecule has 0 aromatic heterocycles. The fourth-order valence-corrected chi connectivity index (χ4v) is 1.91. The smallest absolute Gasteiger partial charge is 0.0404 e. The van der Waals surface area contributed by atoms with Gasteiger partial charge in [0, 0.05) is 29.5 Å². The summed E-state index contributed by atoms with van der Waals surface area (Å²) in [6, 6.07) is 6.32. The predicted octanol–water partition coefficient (Wildman–Crippen LogP) is 3.12. The largest absolute Gasteiger partial charge is 0.374 e. The summed E-state index contributed by atoms with van der Waals surface area (Å²) < 4.78 is 1.12. The van der Waals surface area contributed by atoms with Crippen LogP contribution in [0.15, 0.2) is 22.7 Å². The van der Waals surface area contributed by atoms with Crippen molar-refractivity contribution in [1.82, 2.24) is 0 Å². The summed E-state index contributed by atoms with van der Waals surface area (Å²) in [5.41, 5.74) is 2.57. The summed E-state index contributed by atoms with van der Waals surface area (Å²) in [4.78, 5) is 2.22. The summed E-state index contributed by atoms with van der Waals surface area (Å²) in [5.74, 6) is 0.877. The van der Waals surface area contributed by atoms with Crippen LogP contribution in [0.25, 0.3) is 0 Å². The van der Waals surface area contributed by atoms with Crippen LogP contribution in [0.1, 0.15) is 5.56 Å². The second-order valence-corrected chi connectivity index (χ2v) is 4.44. The zero-order chi connectivity index (χ0) is 9.84. The molecule has 0 amide bonds. The van der Waals surface area contributed by atoms with Gasteiger partial charge in [0.25, 0.3) is 0 Å². The minimum absolute atomic E-state index is 0.877. The Kier molecular flexibility index (Phi) is 4.13. The lowest BCUT2D eigenvalue weighted by Gasteiger charge is -2.20. The van der Waals surface area contributed by atoms with Crippen LogP contribution >= 0.6 is 28.6 Å².